The fourth-order valence-electron chi connectivity index (χ4n) is 2.50. The number of hydrogen-bond donors (Lipinski definition) is 2. The number of carbonyl (C=O) groups excluding carboxylic acids is 1. The Bertz CT molecular complexity index is 796. The van der Waals surface area contributed by atoms with Crippen molar-refractivity contribution in [3.05, 3.63) is 42.0 Å². The molecule has 2 aromatic carbocycles. The summed E-state index contributed by atoms with van der Waals surface area (Å²) in [6, 6.07) is 6.70. The number of nitrogens with one attached hydrogen (secondary N) is 2. The van der Waals surface area contributed by atoms with Gasteiger partial charge >= 0.3 is 12.2 Å². The molecular weight excluding hydrogens is 389 g/mol. The van der Waals surface area contributed by atoms with E-state index in [-0.39, 0.29) is 5.69 Å². The van der Waals surface area contributed by atoms with Gasteiger partial charge in [0, 0.05) is 17.8 Å². The molecular formula is C20H23F3N2O4. The minimum atomic E-state index is -4.44. The Labute approximate surface area is 167 Å². The lowest BCUT2D eigenvalue weighted by atomic mass is 10.2. The van der Waals surface area contributed by atoms with Gasteiger partial charge in [0.05, 0.1) is 31.1 Å². The summed E-state index contributed by atoms with van der Waals surface area (Å²) in [6.45, 7) is 6.62. The summed E-state index contributed by atoms with van der Waals surface area (Å²) in [5.41, 5.74) is -0.195. The van der Waals surface area contributed by atoms with Gasteiger partial charge in [-0.3, -0.25) is 0 Å². The van der Waals surface area contributed by atoms with Gasteiger partial charge in [0.1, 0.15) is 0 Å². The third kappa shape index (κ3) is 6.20. The van der Waals surface area contributed by atoms with Gasteiger partial charge in [-0.25, -0.2) is 4.79 Å². The van der Waals surface area contributed by atoms with Crippen LogP contribution in [0.5, 0.6) is 17.2 Å². The molecule has 0 atom stereocenters. The maximum absolute atomic E-state index is 12.6. The third-order valence-corrected chi connectivity index (χ3v) is 3.64. The first-order valence-electron chi connectivity index (χ1n) is 9.10. The molecule has 0 saturated heterocycles. The highest BCUT2D eigenvalue weighted by Gasteiger charge is 2.30. The van der Waals surface area contributed by atoms with Crippen molar-refractivity contribution in [1.29, 1.82) is 0 Å². The number of ether oxygens (including phenoxy) is 3. The summed E-state index contributed by atoms with van der Waals surface area (Å²) < 4.78 is 54.6. The molecule has 2 aromatic rings. The van der Waals surface area contributed by atoms with Gasteiger partial charge < -0.3 is 24.8 Å². The quantitative estimate of drug-likeness (QED) is 0.597. The zero-order valence-electron chi connectivity index (χ0n) is 16.4. The lowest BCUT2D eigenvalue weighted by Gasteiger charge is -2.17. The van der Waals surface area contributed by atoms with Crippen LogP contribution in [0.25, 0.3) is 0 Å². The van der Waals surface area contributed by atoms with Crippen LogP contribution in [0.2, 0.25) is 0 Å². The van der Waals surface area contributed by atoms with Crippen molar-refractivity contribution < 1.29 is 32.2 Å². The van der Waals surface area contributed by atoms with Crippen molar-refractivity contribution in [2.45, 2.75) is 26.9 Å². The molecule has 2 rings (SSSR count). The number of amides is 2. The topological polar surface area (TPSA) is 68.8 Å². The highest BCUT2D eigenvalue weighted by atomic mass is 19.4. The SMILES string of the molecule is CCOc1cc(NC(=O)Nc2ccc(C(F)(F)F)cc2)cc(OCC)c1OCC. The Morgan fingerprint density at radius 3 is 1.76 bits per heavy atom. The molecule has 158 valence electrons. The fourth-order valence-corrected chi connectivity index (χ4v) is 2.50. The highest BCUT2D eigenvalue weighted by molar-refractivity contribution is 6.00. The van der Waals surface area contributed by atoms with Crippen LogP contribution >= 0.6 is 0 Å². The van der Waals surface area contributed by atoms with E-state index in [0.29, 0.717) is 42.8 Å². The van der Waals surface area contributed by atoms with Crippen molar-refractivity contribution in [3.8, 4) is 17.2 Å². The van der Waals surface area contributed by atoms with Crippen LogP contribution in [0.1, 0.15) is 26.3 Å². The Hall–Kier alpha value is -3.10. The molecule has 0 aromatic heterocycles. The van der Waals surface area contributed by atoms with Crippen LogP contribution < -0.4 is 24.8 Å². The summed E-state index contributed by atoms with van der Waals surface area (Å²) in [4.78, 5) is 12.3. The van der Waals surface area contributed by atoms with Gasteiger partial charge in [0.25, 0.3) is 0 Å². The summed E-state index contributed by atoms with van der Waals surface area (Å²) in [7, 11) is 0. The van der Waals surface area contributed by atoms with Crippen molar-refractivity contribution in [1.82, 2.24) is 0 Å². The molecule has 0 fully saturated rings. The lowest BCUT2D eigenvalue weighted by Crippen LogP contribution is -2.19. The number of alkyl halides is 3. The van der Waals surface area contributed by atoms with E-state index in [0.717, 1.165) is 12.1 Å². The second-order valence-electron chi connectivity index (χ2n) is 5.75. The van der Waals surface area contributed by atoms with Crippen LogP contribution in [0, 0.1) is 0 Å². The van der Waals surface area contributed by atoms with Crippen molar-refractivity contribution in [2.24, 2.45) is 0 Å². The number of halogens is 3. The molecule has 0 spiro atoms. The van der Waals surface area contributed by atoms with Crippen LogP contribution in [0.4, 0.5) is 29.3 Å². The largest absolute Gasteiger partial charge is 0.490 e. The molecule has 0 saturated carbocycles. The first-order valence-corrected chi connectivity index (χ1v) is 9.10. The van der Waals surface area contributed by atoms with E-state index in [1.165, 1.54) is 12.1 Å². The van der Waals surface area contributed by atoms with E-state index >= 15 is 0 Å². The molecule has 0 radical (unpaired) electrons. The van der Waals surface area contributed by atoms with E-state index in [9.17, 15) is 18.0 Å². The molecule has 0 aliphatic carbocycles. The Morgan fingerprint density at radius 1 is 0.828 bits per heavy atom. The van der Waals surface area contributed by atoms with Crippen LogP contribution in [-0.4, -0.2) is 25.9 Å². The summed E-state index contributed by atoms with van der Waals surface area (Å²) in [6.07, 6.45) is -4.44. The molecule has 0 heterocycles. The zero-order valence-corrected chi connectivity index (χ0v) is 16.4. The molecule has 0 bridgehead atoms. The van der Waals surface area contributed by atoms with Gasteiger partial charge in [-0.05, 0) is 45.0 Å². The molecule has 0 unspecified atom stereocenters. The minimum absolute atomic E-state index is 0.219. The van der Waals surface area contributed by atoms with Gasteiger partial charge in [0.2, 0.25) is 5.75 Å². The average Bonchev–Trinajstić information content (AvgIpc) is 2.64. The predicted molar refractivity (Wildman–Crippen MR) is 104 cm³/mol. The van der Waals surface area contributed by atoms with Gasteiger partial charge in [-0.2, -0.15) is 13.2 Å². The smallest absolute Gasteiger partial charge is 0.416 e. The Balaban J connectivity index is 2.18. The molecule has 2 N–H and O–H groups in total. The second kappa shape index (κ2) is 9.90. The van der Waals surface area contributed by atoms with Crippen LogP contribution in [0.15, 0.2) is 36.4 Å². The number of rotatable bonds is 8. The molecule has 0 aliphatic heterocycles. The molecule has 29 heavy (non-hydrogen) atoms. The Kier molecular flexibility index (Phi) is 7.58. The average molecular weight is 412 g/mol. The van der Waals surface area contributed by atoms with Crippen molar-refractivity contribution >= 4 is 17.4 Å². The van der Waals surface area contributed by atoms with E-state index in [1.54, 1.807) is 12.1 Å². The molecule has 0 aliphatic rings. The Morgan fingerprint density at radius 2 is 1.31 bits per heavy atom. The third-order valence-electron chi connectivity index (χ3n) is 3.64. The first-order chi connectivity index (χ1) is 13.8. The molecule has 6 nitrogen and oxygen atoms in total. The number of carbonyl (C=O) groups is 1. The second-order valence-corrected chi connectivity index (χ2v) is 5.75. The predicted octanol–water partition coefficient (Wildman–Crippen LogP) is 5.55. The number of benzene rings is 2. The van der Waals surface area contributed by atoms with Crippen molar-refractivity contribution in [2.75, 3.05) is 30.5 Å². The molecule has 9 heteroatoms. The maximum Gasteiger partial charge on any atom is 0.416 e. The summed E-state index contributed by atoms with van der Waals surface area (Å²) in [5, 5.41) is 5.10. The normalized spacial score (nSPS) is 11.0. The maximum atomic E-state index is 12.6. The van der Waals surface area contributed by atoms with Gasteiger partial charge in [0.15, 0.2) is 11.5 Å². The number of hydrogen-bond acceptors (Lipinski definition) is 4. The van der Waals surface area contributed by atoms with E-state index in [2.05, 4.69) is 10.6 Å². The molecule has 2 amide bonds. The van der Waals surface area contributed by atoms with Gasteiger partial charge in [-0.1, -0.05) is 0 Å². The van der Waals surface area contributed by atoms with Crippen molar-refractivity contribution in [3.63, 3.8) is 0 Å². The van der Waals surface area contributed by atoms with Crippen LogP contribution in [0.3, 0.4) is 0 Å². The number of anilines is 2. The standard InChI is InChI=1S/C20H23F3N2O4/c1-4-27-16-11-15(12-17(28-5-2)18(16)29-6-3)25-19(26)24-14-9-7-13(8-10-14)20(21,22)23/h7-12H,4-6H2,1-3H3,(H2,24,25,26). The highest BCUT2D eigenvalue weighted by Crippen LogP contribution is 2.41. The fraction of sp³-hybridized carbons (Fsp3) is 0.350. The van der Waals surface area contributed by atoms with E-state index in [1.807, 2.05) is 20.8 Å². The monoisotopic (exact) mass is 412 g/mol. The zero-order chi connectivity index (χ0) is 21.4. The van der Waals surface area contributed by atoms with E-state index < -0.39 is 17.8 Å². The minimum Gasteiger partial charge on any atom is -0.490 e. The van der Waals surface area contributed by atoms with Gasteiger partial charge in [-0.15, -0.1) is 0 Å². The lowest BCUT2D eigenvalue weighted by molar-refractivity contribution is -0.137. The van der Waals surface area contributed by atoms with Crippen LogP contribution in [-0.2, 0) is 6.18 Å². The number of urea groups is 1. The summed E-state index contributed by atoms with van der Waals surface area (Å²) in [5.74, 6) is 1.25. The first kappa shape index (κ1) is 22.2. The summed E-state index contributed by atoms with van der Waals surface area (Å²) >= 11 is 0. The van der Waals surface area contributed by atoms with E-state index in [4.69, 9.17) is 14.2 Å².